The number of pyridine rings is 1. The lowest BCUT2D eigenvalue weighted by Gasteiger charge is -2.03. The summed E-state index contributed by atoms with van der Waals surface area (Å²) in [6.45, 7) is 4.11. The lowest BCUT2D eigenvalue weighted by molar-refractivity contribution is 1.21. The van der Waals surface area contributed by atoms with E-state index in [1.807, 2.05) is 42.8 Å². The molecule has 0 aliphatic carbocycles. The minimum Gasteiger partial charge on any atom is -0.398 e. The first kappa shape index (κ1) is 12.8. The summed E-state index contributed by atoms with van der Waals surface area (Å²) in [6, 6.07) is 9.91. The van der Waals surface area contributed by atoms with Gasteiger partial charge in [-0.25, -0.2) is 4.98 Å². The quantitative estimate of drug-likeness (QED) is 0.720. The molecule has 0 fully saturated rings. The minimum atomic E-state index is 0.748. The normalized spacial score (nSPS) is 10.7. The largest absolute Gasteiger partial charge is 0.398 e. The average Bonchev–Trinajstić information content (AvgIpc) is 2.88. The molecule has 0 saturated carbocycles. The summed E-state index contributed by atoms with van der Waals surface area (Å²) in [5, 5.41) is 2.96. The molecule has 100 valence electrons. The number of thiazole rings is 1. The van der Waals surface area contributed by atoms with Gasteiger partial charge in [-0.15, -0.1) is 11.3 Å². The molecule has 0 bridgehead atoms. The van der Waals surface area contributed by atoms with Crippen molar-refractivity contribution in [1.29, 1.82) is 0 Å². The van der Waals surface area contributed by atoms with Gasteiger partial charge in [-0.2, -0.15) is 0 Å². The smallest absolute Gasteiger partial charge is 0.142 e. The Labute approximate surface area is 122 Å². The van der Waals surface area contributed by atoms with Crippen LogP contribution in [0.4, 0.5) is 5.69 Å². The van der Waals surface area contributed by atoms with Crippen LogP contribution in [-0.4, -0.2) is 9.97 Å². The number of aromatic nitrogens is 2. The second kappa shape index (κ2) is 5.06. The predicted octanol–water partition coefficient (Wildman–Crippen LogP) is 4.07. The Bertz CT molecular complexity index is 762. The standard InChI is InChI=1S/C16H15N3S/c1-10-7-11(2)15(18-8-10)16-19-14(9-20-16)12-5-3-4-6-13(12)17/h3-9H,17H2,1-2H3. The Morgan fingerprint density at radius 3 is 2.70 bits per heavy atom. The van der Waals surface area contributed by atoms with Crippen LogP contribution < -0.4 is 5.73 Å². The highest BCUT2D eigenvalue weighted by Crippen LogP contribution is 2.31. The van der Waals surface area contributed by atoms with Crippen LogP contribution in [0.5, 0.6) is 0 Å². The van der Waals surface area contributed by atoms with Crippen LogP contribution in [0.25, 0.3) is 22.0 Å². The highest BCUT2D eigenvalue weighted by Gasteiger charge is 2.11. The average molecular weight is 281 g/mol. The van der Waals surface area contributed by atoms with Gasteiger partial charge in [0.1, 0.15) is 10.7 Å². The van der Waals surface area contributed by atoms with Crippen molar-refractivity contribution < 1.29 is 0 Å². The van der Waals surface area contributed by atoms with E-state index in [1.54, 1.807) is 11.3 Å². The van der Waals surface area contributed by atoms with Crippen LogP contribution >= 0.6 is 11.3 Å². The molecule has 0 aliphatic heterocycles. The van der Waals surface area contributed by atoms with Gasteiger partial charge in [-0.1, -0.05) is 24.3 Å². The van der Waals surface area contributed by atoms with Crippen molar-refractivity contribution in [2.75, 3.05) is 5.73 Å². The number of hydrogen-bond donors (Lipinski definition) is 1. The maximum Gasteiger partial charge on any atom is 0.142 e. The zero-order valence-corrected chi connectivity index (χ0v) is 12.2. The number of hydrogen-bond acceptors (Lipinski definition) is 4. The van der Waals surface area contributed by atoms with Crippen molar-refractivity contribution in [1.82, 2.24) is 9.97 Å². The molecule has 0 unspecified atom stereocenters. The van der Waals surface area contributed by atoms with E-state index in [-0.39, 0.29) is 0 Å². The molecule has 1 aromatic carbocycles. The van der Waals surface area contributed by atoms with Crippen LogP contribution in [0, 0.1) is 13.8 Å². The third-order valence-corrected chi connectivity index (χ3v) is 4.01. The molecule has 20 heavy (non-hydrogen) atoms. The third kappa shape index (κ3) is 2.30. The van der Waals surface area contributed by atoms with Crippen molar-refractivity contribution in [2.45, 2.75) is 13.8 Å². The molecule has 0 radical (unpaired) electrons. The molecule has 0 amide bonds. The van der Waals surface area contributed by atoms with Gasteiger partial charge >= 0.3 is 0 Å². The van der Waals surface area contributed by atoms with Crippen LogP contribution in [0.2, 0.25) is 0 Å². The molecule has 0 saturated heterocycles. The van der Waals surface area contributed by atoms with Crippen LogP contribution in [-0.2, 0) is 0 Å². The van der Waals surface area contributed by atoms with Crippen molar-refractivity contribution >= 4 is 17.0 Å². The van der Waals surface area contributed by atoms with Gasteiger partial charge in [0.25, 0.3) is 0 Å². The number of nitrogen functional groups attached to an aromatic ring is 1. The maximum atomic E-state index is 6.00. The van der Waals surface area contributed by atoms with Crippen LogP contribution in [0.3, 0.4) is 0 Å². The van der Waals surface area contributed by atoms with Gasteiger partial charge in [0.15, 0.2) is 0 Å². The lowest BCUT2D eigenvalue weighted by Crippen LogP contribution is -1.91. The van der Waals surface area contributed by atoms with Gasteiger partial charge in [-0.05, 0) is 31.0 Å². The zero-order valence-electron chi connectivity index (χ0n) is 11.4. The van der Waals surface area contributed by atoms with E-state index in [9.17, 15) is 0 Å². The molecule has 3 rings (SSSR count). The Morgan fingerprint density at radius 1 is 1.15 bits per heavy atom. The van der Waals surface area contributed by atoms with Crippen molar-refractivity contribution in [2.24, 2.45) is 0 Å². The molecule has 3 aromatic rings. The molecular weight excluding hydrogens is 266 g/mol. The van der Waals surface area contributed by atoms with Crippen molar-refractivity contribution in [3.63, 3.8) is 0 Å². The van der Waals surface area contributed by atoms with Gasteiger partial charge in [-0.3, -0.25) is 4.98 Å². The van der Waals surface area contributed by atoms with E-state index in [0.717, 1.165) is 38.8 Å². The lowest BCUT2D eigenvalue weighted by atomic mass is 10.1. The summed E-state index contributed by atoms with van der Waals surface area (Å²) < 4.78 is 0. The van der Waals surface area contributed by atoms with E-state index in [0.29, 0.717) is 0 Å². The van der Waals surface area contributed by atoms with E-state index >= 15 is 0 Å². The predicted molar refractivity (Wildman–Crippen MR) is 84.7 cm³/mol. The fourth-order valence-corrected chi connectivity index (χ4v) is 3.05. The number of para-hydroxylation sites is 1. The fourth-order valence-electron chi connectivity index (χ4n) is 2.18. The number of nitrogens with two attached hydrogens (primary N) is 1. The van der Waals surface area contributed by atoms with Crippen LogP contribution in [0.1, 0.15) is 11.1 Å². The second-order valence-electron chi connectivity index (χ2n) is 4.80. The van der Waals surface area contributed by atoms with Crippen molar-refractivity contribution in [3.05, 3.63) is 53.0 Å². The number of benzene rings is 1. The van der Waals surface area contributed by atoms with Gasteiger partial charge in [0, 0.05) is 22.8 Å². The van der Waals surface area contributed by atoms with Gasteiger partial charge in [0.2, 0.25) is 0 Å². The van der Waals surface area contributed by atoms with E-state index in [1.165, 1.54) is 0 Å². The minimum absolute atomic E-state index is 0.748. The fraction of sp³-hybridized carbons (Fsp3) is 0.125. The zero-order chi connectivity index (χ0) is 14.1. The van der Waals surface area contributed by atoms with Crippen LogP contribution in [0.15, 0.2) is 41.9 Å². The first-order valence-electron chi connectivity index (χ1n) is 6.39. The summed E-state index contributed by atoms with van der Waals surface area (Å²) in [5.74, 6) is 0. The summed E-state index contributed by atoms with van der Waals surface area (Å²) in [5.41, 5.74) is 11.9. The van der Waals surface area contributed by atoms with Gasteiger partial charge < -0.3 is 5.73 Å². The summed E-state index contributed by atoms with van der Waals surface area (Å²) in [4.78, 5) is 9.17. The molecule has 0 spiro atoms. The molecule has 2 aromatic heterocycles. The van der Waals surface area contributed by atoms with Gasteiger partial charge in [0.05, 0.1) is 5.69 Å². The molecule has 3 nitrogen and oxygen atoms in total. The van der Waals surface area contributed by atoms with Crippen molar-refractivity contribution in [3.8, 4) is 22.0 Å². The second-order valence-corrected chi connectivity index (χ2v) is 5.66. The SMILES string of the molecule is Cc1cnc(-c2nc(-c3ccccc3N)cs2)c(C)c1. The highest BCUT2D eigenvalue weighted by atomic mass is 32.1. The summed E-state index contributed by atoms with van der Waals surface area (Å²) in [6.07, 6.45) is 1.88. The Hall–Kier alpha value is -2.20. The molecule has 2 heterocycles. The molecule has 0 aliphatic rings. The third-order valence-electron chi connectivity index (χ3n) is 3.16. The number of rotatable bonds is 2. The maximum absolute atomic E-state index is 6.00. The van der Waals surface area contributed by atoms with E-state index < -0.39 is 0 Å². The first-order valence-corrected chi connectivity index (χ1v) is 7.27. The number of aryl methyl sites for hydroxylation is 2. The summed E-state index contributed by atoms with van der Waals surface area (Å²) >= 11 is 1.60. The summed E-state index contributed by atoms with van der Waals surface area (Å²) in [7, 11) is 0. The van der Waals surface area contributed by atoms with E-state index in [4.69, 9.17) is 5.73 Å². The molecule has 0 atom stereocenters. The molecule has 4 heteroatoms. The topological polar surface area (TPSA) is 51.8 Å². The highest BCUT2D eigenvalue weighted by molar-refractivity contribution is 7.13. The first-order chi connectivity index (χ1) is 9.65. The monoisotopic (exact) mass is 281 g/mol. The Morgan fingerprint density at radius 2 is 1.95 bits per heavy atom. The molecule has 2 N–H and O–H groups in total. The number of nitrogens with zero attached hydrogens (tertiary/aromatic N) is 2. The molecular formula is C16H15N3S. The Balaban J connectivity index is 2.04. The number of anilines is 1. The Kier molecular flexibility index (Phi) is 3.24. The van der Waals surface area contributed by atoms with E-state index in [2.05, 4.69) is 23.0 Å².